The van der Waals surface area contributed by atoms with Crippen LogP contribution in [0.25, 0.3) is 0 Å². The second kappa shape index (κ2) is 9.03. The van der Waals surface area contributed by atoms with Gasteiger partial charge in [-0.05, 0) is 30.5 Å². The van der Waals surface area contributed by atoms with Crippen LogP contribution < -0.4 is 4.90 Å². The van der Waals surface area contributed by atoms with Crippen LogP contribution in [0, 0.1) is 5.92 Å². The lowest BCUT2D eigenvalue weighted by molar-refractivity contribution is -0.140. The minimum absolute atomic E-state index is 0.0912. The molecule has 1 aromatic heterocycles. The van der Waals surface area contributed by atoms with Crippen molar-refractivity contribution in [3.05, 3.63) is 54.2 Å². The molecule has 0 radical (unpaired) electrons. The molecule has 2 aliphatic rings. The maximum atomic E-state index is 13.1. The number of aromatic nitrogens is 2. The molecule has 2 aromatic rings. The Morgan fingerprint density at radius 3 is 2.45 bits per heavy atom. The molecule has 4 rings (SSSR count). The molecule has 7 heteroatoms. The van der Waals surface area contributed by atoms with E-state index in [0.29, 0.717) is 26.1 Å². The highest BCUT2D eigenvalue weighted by Crippen LogP contribution is 2.21. The fourth-order valence-electron chi connectivity index (χ4n) is 4.16. The highest BCUT2D eigenvalue weighted by molar-refractivity contribution is 5.82. The molecule has 152 valence electrons. The molecule has 0 saturated carbocycles. The molecule has 2 fully saturated rings. The minimum atomic E-state index is -0.0912. The number of hydrogen-bond acceptors (Lipinski definition) is 5. The monoisotopic (exact) mass is 393 g/mol. The summed E-state index contributed by atoms with van der Waals surface area (Å²) >= 11 is 0. The van der Waals surface area contributed by atoms with E-state index in [-0.39, 0.29) is 17.7 Å². The fraction of sp³-hybridized carbons (Fsp3) is 0.455. The van der Waals surface area contributed by atoms with Crippen molar-refractivity contribution in [1.29, 1.82) is 0 Å². The van der Waals surface area contributed by atoms with E-state index >= 15 is 0 Å². The summed E-state index contributed by atoms with van der Waals surface area (Å²) in [6, 6.07) is 13.6. The molecule has 2 saturated heterocycles. The lowest BCUT2D eigenvalue weighted by Gasteiger charge is -2.39. The molecule has 2 aliphatic heterocycles. The smallest absolute Gasteiger partial charge is 0.227 e. The number of amides is 2. The standard InChI is InChI=1S/C22H27N5O2/c28-21(16-18-6-2-1-3-7-18)27-11-5-8-19(17-27)22(29)26-14-12-25(13-15-26)20-9-4-10-23-24-20/h1-4,6-7,9-10,19H,5,8,11-17H2. The van der Waals surface area contributed by atoms with Gasteiger partial charge < -0.3 is 14.7 Å². The highest BCUT2D eigenvalue weighted by atomic mass is 16.2. The molecular formula is C22H27N5O2. The molecule has 1 atom stereocenters. The molecule has 29 heavy (non-hydrogen) atoms. The predicted molar refractivity (Wildman–Crippen MR) is 110 cm³/mol. The van der Waals surface area contributed by atoms with Crippen LogP contribution in [0.1, 0.15) is 18.4 Å². The van der Waals surface area contributed by atoms with Gasteiger partial charge in [-0.3, -0.25) is 9.59 Å². The van der Waals surface area contributed by atoms with Gasteiger partial charge in [0.15, 0.2) is 5.82 Å². The summed E-state index contributed by atoms with van der Waals surface area (Å²) in [6.45, 7) is 4.17. The Balaban J connectivity index is 1.30. The van der Waals surface area contributed by atoms with E-state index in [2.05, 4.69) is 15.1 Å². The third-order valence-electron chi connectivity index (χ3n) is 5.80. The largest absolute Gasteiger partial charge is 0.352 e. The first kappa shape index (κ1) is 19.4. The first-order valence-electron chi connectivity index (χ1n) is 10.3. The second-order valence-electron chi connectivity index (χ2n) is 7.74. The summed E-state index contributed by atoms with van der Waals surface area (Å²) in [5, 5.41) is 8.09. The van der Waals surface area contributed by atoms with E-state index < -0.39 is 0 Å². The maximum absolute atomic E-state index is 13.1. The van der Waals surface area contributed by atoms with Gasteiger partial charge in [0.2, 0.25) is 11.8 Å². The Kier molecular flexibility index (Phi) is 6.03. The van der Waals surface area contributed by atoms with Crippen molar-refractivity contribution in [1.82, 2.24) is 20.0 Å². The van der Waals surface area contributed by atoms with Crippen molar-refractivity contribution in [2.75, 3.05) is 44.2 Å². The summed E-state index contributed by atoms with van der Waals surface area (Å²) in [5.74, 6) is 1.06. The number of benzene rings is 1. The first-order valence-corrected chi connectivity index (χ1v) is 10.3. The number of rotatable bonds is 4. The molecule has 1 aromatic carbocycles. The Morgan fingerprint density at radius 2 is 1.72 bits per heavy atom. The third kappa shape index (κ3) is 4.72. The van der Waals surface area contributed by atoms with Crippen molar-refractivity contribution in [3.63, 3.8) is 0 Å². The highest BCUT2D eigenvalue weighted by Gasteiger charge is 2.32. The predicted octanol–water partition coefficient (Wildman–Crippen LogP) is 1.61. The summed E-state index contributed by atoms with van der Waals surface area (Å²) in [6.07, 6.45) is 3.81. The van der Waals surface area contributed by atoms with Crippen LogP contribution in [0.3, 0.4) is 0 Å². The SMILES string of the molecule is O=C(Cc1ccccc1)N1CCCC(C(=O)N2CCN(c3cccnn3)CC2)C1. The summed E-state index contributed by atoms with van der Waals surface area (Å²) in [4.78, 5) is 31.7. The van der Waals surface area contributed by atoms with E-state index in [1.54, 1.807) is 6.20 Å². The number of piperidine rings is 1. The lowest BCUT2D eigenvalue weighted by Crippen LogP contribution is -2.53. The van der Waals surface area contributed by atoms with E-state index in [4.69, 9.17) is 0 Å². The molecule has 7 nitrogen and oxygen atoms in total. The zero-order chi connectivity index (χ0) is 20.1. The molecule has 2 amide bonds. The van der Waals surface area contributed by atoms with Gasteiger partial charge in [0.1, 0.15) is 0 Å². The Bertz CT molecular complexity index is 822. The van der Waals surface area contributed by atoms with Crippen molar-refractivity contribution in [2.45, 2.75) is 19.3 Å². The molecule has 1 unspecified atom stereocenters. The van der Waals surface area contributed by atoms with Crippen molar-refractivity contribution in [2.24, 2.45) is 5.92 Å². The average Bonchev–Trinajstić information content (AvgIpc) is 2.80. The Morgan fingerprint density at radius 1 is 0.931 bits per heavy atom. The molecule has 0 N–H and O–H groups in total. The Hall–Kier alpha value is -2.96. The number of nitrogens with zero attached hydrogens (tertiary/aromatic N) is 5. The average molecular weight is 393 g/mol. The van der Waals surface area contributed by atoms with E-state index in [9.17, 15) is 9.59 Å². The first-order chi connectivity index (χ1) is 14.2. The van der Waals surface area contributed by atoms with Crippen LogP contribution in [0.15, 0.2) is 48.7 Å². The van der Waals surface area contributed by atoms with Crippen molar-refractivity contribution >= 4 is 17.6 Å². The molecule has 0 bridgehead atoms. The van der Waals surface area contributed by atoms with Gasteiger partial charge in [-0.15, -0.1) is 5.10 Å². The molecule has 3 heterocycles. The van der Waals surface area contributed by atoms with Crippen LogP contribution in [0.2, 0.25) is 0 Å². The number of anilines is 1. The quantitative estimate of drug-likeness (QED) is 0.789. The zero-order valence-electron chi connectivity index (χ0n) is 16.6. The third-order valence-corrected chi connectivity index (χ3v) is 5.80. The molecule has 0 aliphatic carbocycles. The van der Waals surface area contributed by atoms with Crippen LogP contribution in [-0.4, -0.2) is 71.1 Å². The normalized spacial score (nSPS) is 19.9. The van der Waals surface area contributed by atoms with Gasteiger partial charge in [-0.25, -0.2) is 0 Å². The van der Waals surface area contributed by atoms with Gasteiger partial charge in [-0.1, -0.05) is 30.3 Å². The fourth-order valence-corrected chi connectivity index (χ4v) is 4.16. The van der Waals surface area contributed by atoms with Gasteiger partial charge >= 0.3 is 0 Å². The van der Waals surface area contributed by atoms with Crippen LogP contribution in [-0.2, 0) is 16.0 Å². The number of carbonyl (C=O) groups excluding carboxylic acids is 2. The number of likely N-dealkylation sites (tertiary alicyclic amines) is 1. The number of carbonyl (C=O) groups is 2. The number of hydrogen-bond donors (Lipinski definition) is 0. The van der Waals surface area contributed by atoms with Gasteiger partial charge in [-0.2, -0.15) is 5.10 Å². The van der Waals surface area contributed by atoms with Crippen molar-refractivity contribution in [3.8, 4) is 0 Å². The maximum Gasteiger partial charge on any atom is 0.227 e. The Labute approximate surface area is 171 Å². The van der Waals surface area contributed by atoms with Crippen molar-refractivity contribution < 1.29 is 9.59 Å². The van der Waals surface area contributed by atoms with Crippen LogP contribution in [0.4, 0.5) is 5.82 Å². The van der Waals surface area contributed by atoms with E-state index in [1.807, 2.05) is 52.3 Å². The topological polar surface area (TPSA) is 69.6 Å². The summed E-state index contributed by atoms with van der Waals surface area (Å²) < 4.78 is 0. The second-order valence-corrected chi connectivity index (χ2v) is 7.74. The van der Waals surface area contributed by atoms with Gasteiger partial charge in [0.25, 0.3) is 0 Å². The van der Waals surface area contributed by atoms with Gasteiger partial charge in [0, 0.05) is 45.5 Å². The van der Waals surface area contributed by atoms with E-state index in [0.717, 1.165) is 43.9 Å². The lowest BCUT2D eigenvalue weighted by atomic mass is 9.95. The summed E-state index contributed by atoms with van der Waals surface area (Å²) in [5.41, 5.74) is 1.02. The minimum Gasteiger partial charge on any atom is -0.352 e. The van der Waals surface area contributed by atoms with Crippen LogP contribution >= 0.6 is 0 Å². The van der Waals surface area contributed by atoms with E-state index in [1.165, 1.54) is 0 Å². The molecule has 0 spiro atoms. The van der Waals surface area contributed by atoms with Gasteiger partial charge in [0.05, 0.1) is 12.3 Å². The molecular weight excluding hydrogens is 366 g/mol. The zero-order valence-corrected chi connectivity index (χ0v) is 16.6. The van der Waals surface area contributed by atoms with Crippen LogP contribution in [0.5, 0.6) is 0 Å². The summed E-state index contributed by atoms with van der Waals surface area (Å²) in [7, 11) is 0. The number of piperazine rings is 1.